The number of guanidine groups is 2. The average molecular weight is 355 g/mol. The molecule has 5 nitrogen and oxygen atoms in total. The standard InChI is InChI=1S/C19H19F2N5/c20-15-5-1-13(2-6-15)17(14-3-7-16(21)8-4-14)26(18-22-9-10-23-18)19-24-11-12-25-19/h1-8,17H,9-12H2,(H,22,23)(H,24,25). The zero-order valence-corrected chi connectivity index (χ0v) is 14.1. The number of nitrogens with one attached hydrogen (secondary N) is 2. The van der Waals surface area contributed by atoms with Crippen LogP contribution in [-0.4, -0.2) is 43.0 Å². The van der Waals surface area contributed by atoms with Crippen molar-refractivity contribution >= 4 is 11.9 Å². The zero-order chi connectivity index (χ0) is 17.9. The van der Waals surface area contributed by atoms with Gasteiger partial charge in [0, 0.05) is 13.1 Å². The van der Waals surface area contributed by atoms with Crippen molar-refractivity contribution in [3.8, 4) is 0 Å². The maximum atomic E-state index is 13.5. The first kappa shape index (κ1) is 16.5. The Morgan fingerprint density at radius 3 is 1.50 bits per heavy atom. The molecule has 2 aromatic rings. The quantitative estimate of drug-likeness (QED) is 0.888. The molecule has 0 amide bonds. The molecule has 0 unspecified atom stereocenters. The van der Waals surface area contributed by atoms with Gasteiger partial charge in [-0.05, 0) is 35.4 Å². The van der Waals surface area contributed by atoms with Crippen LogP contribution in [0.1, 0.15) is 17.2 Å². The average Bonchev–Trinajstić information content (AvgIpc) is 3.36. The monoisotopic (exact) mass is 355 g/mol. The Balaban J connectivity index is 1.83. The van der Waals surface area contributed by atoms with E-state index in [0.717, 1.165) is 24.2 Å². The van der Waals surface area contributed by atoms with Crippen molar-refractivity contribution in [3.05, 3.63) is 71.3 Å². The van der Waals surface area contributed by atoms with Crippen molar-refractivity contribution in [3.63, 3.8) is 0 Å². The van der Waals surface area contributed by atoms with Crippen LogP contribution < -0.4 is 10.6 Å². The lowest BCUT2D eigenvalue weighted by Crippen LogP contribution is -2.49. The summed E-state index contributed by atoms with van der Waals surface area (Å²) in [6, 6.07) is 12.3. The fraction of sp³-hybridized carbons (Fsp3) is 0.263. The third-order valence-electron chi connectivity index (χ3n) is 4.40. The highest BCUT2D eigenvalue weighted by Crippen LogP contribution is 2.30. The van der Waals surface area contributed by atoms with E-state index < -0.39 is 0 Å². The first-order chi connectivity index (χ1) is 12.7. The topological polar surface area (TPSA) is 52.0 Å². The minimum atomic E-state index is -0.315. The molecule has 7 heteroatoms. The van der Waals surface area contributed by atoms with Gasteiger partial charge in [-0.15, -0.1) is 0 Å². The van der Waals surface area contributed by atoms with E-state index in [0.29, 0.717) is 25.0 Å². The molecule has 2 heterocycles. The fourth-order valence-electron chi connectivity index (χ4n) is 3.22. The fourth-order valence-corrected chi connectivity index (χ4v) is 3.22. The van der Waals surface area contributed by atoms with Gasteiger partial charge in [0.15, 0.2) is 0 Å². The van der Waals surface area contributed by atoms with E-state index in [1.54, 1.807) is 24.3 Å². The Kier molecular flexibility index (Phi) is 4.51. The van der Waals surface area contributed by atoms with Crippen LogP contribution in [0.25, 0.3) is 0 Å². The van der Waals surface area contributed by atoms with E-state index in [1.165, 1.54) is 24.3 Å². The first-order valence-corrected chi connectivity index (χ1v) is 8.59. The third kappa shape index (κ3) is 3.24. The molecule has 0 aliphatic carbocycles. The van der Waals surface area contributed by atoms with Crippen LogP contribution in [0.15, 0.2) is 58.5 Å². The number of nitrogens with zero attached hydrogens (tertiary/aromatic N) is 3. The van der Waals surface area contributed by atoms with E-state index in [-0.39, 0.29) is 17.7 Å². The van der Waals surface area contributed by atoms with E-state index in [4.69, 9.17) is 0 Å². The molecule has 26 heavy (non-hydrogen) atoms. The number of hydrogen-bond donors (Lipinski definition) is 2. The van der Waals surface area contributed by atoms with Crippen LogP contribution in [0.4, 0.5) is 8.78 Å². The summed E-state index contributed by atoms with van der Waals surface area (Å²) in [5.74, 6) is 0.810. The minimum Gasteiger partial charge on any atom is -0.354 e. The van der Waals surface area contributed by atoms with Gasteiger partial charge in [0.1, 0.15) is 11.6 Å². The molecule has 0 aromatic heterocycles. The SMILES string of the molecule is Fc1ccc(C(c2ccc(F)cc2)N(C2=NCCN2)C2=NCCN2)cc1. The molecule has 2 aliphatic heterocycles. The second-order valence-corrected chi connectivity index (χ2v) is 6.14. The summed E-state index contributed by atoms with van der Waals surface area (Å²) in [6.07, 6.45) is 0. The minimum absolute atomic E-state index is 0.300. The molecule has 2 N–H and O–H groups in total. The lowest BCUT2D eigenvalue weighted by Gasteiger charge is -2.33. The van der Waals surface area contributed by atoms with Crippen molar-refractivity contribution in [1.29, 1.82) is 0 Å². The molecule has 2 aliphatic rings. The van der Waals surface area contributed by atoms with Crippen LogP contribution in [0, 0.1) is 11.6 Å². The molecule has 0 saturated heterocycles. The van der Waals surface area contributed by atoms with Gasteiger partial charge in [0.2, 0.25) is 11.9 Å². The second kappa shape index (κ2) is 7.11. The van der Waals surface area contributed by atoms with E-state index in [9.17, 15) is 8.78 Å². The summed E-state index contributed by atoms with van der Waals surface area (Å²) in [4.78, 5) is 11.1. The first-order valence-electron chi connectivity index (χ1n) is 8.59. The summed E-state index contributed by atoms with van der Waals surface area (Å²) >= 11 is 0. The third-order valence-corrected chi connectivity index (χ3v) is 4.40. The summed E-state index contributed by atoms with van der Waals surface area (Å²) in [5, 5.41) is 6.57. The number of hydrogen-bond acceptors (Lipinski definition) is 5. The second-order valence-electron chi connectivity index (χ2n) is 6.14. The predicted molar refractivity (Wildman–Crippen MR) is 97.1 cm³/mol. The summed E-state index contributed by atoms with van der Waals surface area (Å²) in [5.41, 5.74) is 1.73. The summed E-state index contributed by atoms with van der Waals surface area (Å²) in [6.45, 7) is 2.86. The molecular weight excluding hydrogens is 336 g/mol. The van der Waals surface area contributed by atoms with Gasteiger partial charge >= 0.3 is 0 Å². The van der Waals surface area contributed by atoms with Crippen LogP contribution in [0.5, 0.6) is 0 Å². The Bertz CT molecular complexity index is 761. The van der Waals surface area contributed by atoms with E-state index in [1.807, 2.05) is 4.90 Å². The van der Waals surface area contributed by atoms with Crippen molar-refractivity contribution in [2.75, 3.05) is 26.2 Å². The highest BCUT2D eigenvalue weighted by molar-refractivity contribution is 6.00. The molecule has 0 atom stereocenters. The van der Waals surface area contributed by atoms with Gasteiger partial charge in [-0.1, -0.05) is 24.3 Å². The van der Waals surface area contributed by atoms with Crippen LogP contribution in [-0.2, 0) is 0 Å². The predicted octanol–water partition coefficient (Wildman–Crippen LogP) is 2.27. The van der Waals surface area contributed by atoms with E-state index in [2.05, 4.69) is 20.6 Å². The molecule has 2 aromatic carbocycles. The number of aliphatic imine (C=N–C) groups is 2. The highest BCUT2D eigenvalue weighted by Gasteiger charge is 2.32. The summed E-state index contributed by atoms with van der Waals surface area (Å²) in [7, 11) is 0. The van der Waals surface area contributed by atoms with E-state index >= 15 is 0 Å². The number of rotatable bonds is 3. The zero-order valence-electron chi connectivity index (χ0n) is 14.1. The lowest BCUT2D eigenvalue weighted by molar-refractivity contribution is 0.487. The molecule has 0 fully saturated rings. The van der Waals surface area contributed by atoms with Gasteiger partial charge in [0.25, 0.3) is 0 Å². The number of halogens is 2. The largest absolute Gasteiger partial charge is 0.354 e. The summed E-state index contributed by atoms with van der Waals surface area (Å²) < 4.78 is 26.9. The maximum Gasteiger partial charge on any atom is 0.201 e. The van der Waals surface area contributed by atoms with Gasteiger partial charge in [0.05, 0.1) is 19.1 Å². The van der Waals surface area contributed by atoms with Crippen molar-refractivity contribution in [2.45, 2.75) is 6.04 Å². The molecule has 0 radical (unpaired) electrons. The van der Waals surface area contributed by atoms with Gasteiger partial charge in [-0.3, -0.25) is 14.9 Å². The van der Waals surface area contributed by atoms with Gasteiger partial charge < -0.3 is 10.6 Å². The number of benzene rings is 2. The lowest BCUT2D eigenvalue weighted by atomic mass is 9.97. The van der Waals surface area contributed by atoms with Crippen molar-refractivity contribution < 1.29 is 8.78 Å². The normalized spacial score (nSPS) is 16.1. The smallest absolute Gasteiger partial charge is 0.201 e. The molecular formula is C19H19F2N5. The molecule has 0 bridgehead atoms. The molecule has 4 rings (SSSR count). The Morgan fingerprint density at radius 1 is 0.731 bits per heavy atom. The van der Waals surface area contributed by atoms with Gasteiger partial charge in [-0.25, -0.2) is 8.78 Å². The van der Waals surface area contributed by atoms with Crippen LogP contribution >= 0.6 is 0 Å². The Morgan fingerprint density at radius 2 is 1.15 bits per heavy atom. The molecule has 0 spiro atoms. The molecule has 134 valence electrons. The van der Waals surface area contributed by atoms with Crippen LogP contribution in [0.3, 0.4) is 0 Å². The van der Waals surface area contributed by atoms with Crippen LogP contribution in [0.2, 0.25) is 0 Å². The molecule has 0 saturated carbocycles. The maximum absolute atomic E-state index is 13.5. The highest BCUT2D eigenvalue weighted by atomic mass is 19.1. The van der Waals surface area contributed by atoms with Gasteiger partial charge in [-0.2, -0.15) is 0 Å². The Hall–Kier alpha value is -2.96. The Labute approximate surface area is 150 Å². The van der Waals surface area contributed by atoms with Crippen molar-refractivity contribution in [1.82, 2.24) is 15.5 Å². The van der Waals surface area contributed by atoms with Crippen molar-refractivity contribution in [2.24, 2.45) is 9.98 Å².